The number of hydrogen-bond acceptors (Lipinski definition) is 6. The van der Waals surface area contributed by atoms with Crippen LogP contribution < -0.4 is 4.90 Å². The van der Waals surface area contributed by atoms with Gasteiger partial charge in [0.05, 0.1) is 11.7 Å². The molecule has 0 fully saturated rings. The Morgan fingerprint density at radius 2 is 1.84 bits per heavy atom. The van der Waals surface area contributed by atoms with Crippen LogP contribution in [0.1, 0.15) is 27.3 Å². The first-order valence-electron chi connectivity index (χ1n) is 9.98. The lowest BCUT2D eigenvalue weighted by Crippen LogP contribution is -2.30. The number of aliphatic carboxylic acids is 1. The second kappa shape index (κ2) is 8.18. The van der Waals surface area contributed by atoms with Crippen LogP contribution >= 0.6 is 0 Å². The van der Waals surface area contributed by atoms with Gasteiger partial charge in [-0.05, 0) is 62.2 Å². The third kappa shape index (κ3) is 3.92. The van der Waals surface area contributed by atoms with E-state index >= 15 is 0 Å². The number of hydrogen-bond donors (Lipinski definition) is 1. The fourth-order valence-corrected chi connectivity index (χ4v) is 3.71. The van der Waals surface area contributed by atoms with Crippen LogP contribution in [-0.4, -0.2) is 48.8 Å². The number of aromatic nitrogens is 5. The molecule has 3 aromatic heterocycles. The fourth-order valence-electron chi connectivity index (χ4n) is 3.71. The average Bonchev–Trinajstić information content (AvgIpc) is 3.19. The van der Waals surface area contributed by atoms with Crippen LogP contribution in [0.2, 0.25) is 0 Å². The molecule has 0 radical (unpaired) electrons. The molecule has 162 valence electrons. The summed E-state index contributed by atoms with van der Waals surface area (Å²) in [5, 5.41) is 13.0. The summed E-state index contributed by atoms with van der Waals surface area (Å²) in [4.78, 5) is 39.1. The van der Waals surface area contributed by atoms with Crippen LogP contribution in [0.3, 0.4) is 0 Å². The van der Waals surface area contributed by atoms with Gasteiger partial charge < -0.3 is 10.0 Å². The van der Waals surface area contributed by atoms with Crippen molar-refractivity contribution in [2.45, 2.75) is 27.3 Å². The molecule has 1 amide bonds. The maximum Gasteiger partial charge on any atom is 0.325 e. The minimum atomic E-state index is -1.07. The standard InChI is InChI=1S/C23H22N6O3/c1-13-10-16(22-24-11-17-21(27-22)14(2)9-15(3)26-17)5-6-18(13)28(4)23(32)19-7-8-25-29(19)12-20(30)31/h5-11H,12H2,1-4H3,(H,30,31). The Balaban J connectivity index is 1.65. The summed E-state index contributed by atoms with van der Waals surface area (Å²) in [6, 6.07) is 9.11. The Bertz CT molecular complexity index is 1360. The molecule has 0 atom stereocenters. The number of carboxylic acids is 1. The molecule has 0 saturated carbocycles. The van der Waals surface area contributed by atoms with Crippen molar-refractivity contribution < 1.29 is 14.7 Å². The van der Waals surface area contributed by atoms with Gasteiger partial charge in [-0.3, -0.25) is 9.59 Å². The van der Waals surface area contributed by atoms with Gasteiger partial charge in [0.15, 0.2) is 5.82 Å². The van der Waals surface area contributed by atoms with Gasteiger partial charge in [0, 0.05) is 30.2 Å². The molecule has 1 aromatic carbocycles. The molecule has 0 spiro atoms. The van der Waals surface area contributed by atoms with Crippen molar-refractivity contribution in [3.63, 3.8) is 0 Å². The van der Waals surface area contributed by atoms with Crippen molar-refractivity contribution in [1.82, 2.24) is 24.7 Å². The molecule has 0 aliphatic heterocycles. The number of carbonyl (C=O) groups excluding carboxylic acids is 1. The van der Waals surface area contributed by atoms with Gasteiger partial charge in [0.1, 0.15) is 17.8 Å². The molecular formula is C23H22N6O3. The van der Waals surface area contributed by atoms with E-state index in [0.717, 1.165) is 33.4 Å². The molecular weight excluding hydrogens is 408 g/mol. The van der Waals surface area contributed by atoms with Crippen molar-refractivity contribution in [3.8, 4) is 11.4 Å². The van der Waals surface area contributed by atoms with Gasteiger partial charge in [0.2, 0.25) is 0 Å². The van der Waals surface area contributed by atoms with E-state index in [1.165, 1.54) is 21.8 Å². The van der Waals surface area contributed by atoms with E-state index in [1.807, 2.05) is 45.0 Å². The SMILES string of the molecule is Cc1cc(C)c2nc(-c3ccc(N(C)C(=O)c4ccnn4CC(=O)O)c(C)c3)ncc2n1. The van der Waals surface area contributed by atoms with Crippen molar-refractivity contribution in [3.05, 3.63) is 65.2 Å². The number of pyridine rings is 1. The molecule has 0 saturated heterocycles. The molecule has 9 nitrogen and oxygen atoms in total. The Labute approximate surface area is 184 Å². The highest BCUT2D eigenvalue weighted by atomic mass is 16.4. The largest absolute Gasteiger partial charge is 0.480 e. The molecule has 0 aliphatic carbocycles. The number of carboxylic acid groups (broad SMARTS) is 1. The second-order valence-electron chi connectivity index (χ2n) is 7.64. The summed E-state index contributed by atoms with van der Waals surface area (Å²) in [5.41, 5.74) is 6.08. The number of carbonyl (C=O) groups is 2. The van der Waals surface area contributed by atoms with Gasteiger partial charge in [0.25, 0.3) is 5.91 Å². The summed E-state index contributed by atoms with van der Waals surface area (Å²) in [6.07, 6.45) is 3.13. The minimum absolute atomic E-state index is 0.203. The number of aryl methyl sites for hydroxylation is 3. The van der Waals surface area contributed by atoms with Gasteiger partial charge in [-0.2, -0.15) is 5.10 Å². The number of anilines is 1. The highest BCUT2D eigenvalue weighted by Gasteiger charge is 2.20. The molecule has 0 aliphatic rings. The van der Waals surface area contributed by atoms with Crippen LogP contribution in [0, 0.1) is 20.8 Å². The smallest absolute Gasteiger partial charge is 0.325 e. The Morgan fingerprint density at radius 1 is 1.06 bits per heavy atom. The Hall–Kier alpha value is -4.14. The van der Waals surface area contributed by atoms with Crippen molar-refractivity contribution in [1.29, 1.82) is 0 Å². The molecule has 0 bridgehead atoms. The molecule has 32 heavy (non-hydrogen) atoms. The predicted octanol–water partition coefficient (Wildman–Crippen LogP) is 3.17. The highest BCUT2D eigenvalue weighted by molar-refractivity contribution is 6.05. The predicted molar refractivity (Wildman–Crippen MR) is 120 cm³/mol. The van der Waals surface area contributed by atoms with Crippen LogP contribution in [0.25, 0.3) is 22.4 Å². The molecule has 0 unspecified atom stereocenters. The van der Waals surface area contributed by atoms with Crippen molar-refractivity contribution in [2.24, 2.45) is 0 Å². The zero-order chi connectivity index (χ0) is 23.0. The van der Waals surface area contributed by atoms with Gasteiger partial charge in [-0.15, -0.1) is 0 Å². The lowest BCUT2D eigenvalue weighted by atomic mass is 10.1. The fraction of sp³-hybridized carbons (Fsp3) is 0.217. The molecule has 4 rings (SSSR count). The summed E-state index contributed by atoms with van der Waals surface area (Å²) < 4.78 is 1.17. The first-order chi connectivity index (χ1) is 15.2. The number of rotatable bonds is 5. The van der Waals surface area contributed by atoms with E-state index in [4.69, 9.17) is 10.1 Å². The number of fused-ring (bicyclic) bond motifs is 1. The Kier molecular flexibility index (Phi) is 5.40. The molecule has 4 aromatic rings. The summed E-state index contributed by atoms with van der Waals surface area (Å²) in [5.74, 6) is -0.838. The van der Waals surface area contributed by atoms with Crippen molar-refractivity contribution >= 4 is 28.6 Å². The van der Waals surface area contributed by atoms with E-state index in [2.05, 4.69) is 15.1 Å². The van der Waals surface area contributed by atoms with E-state index in [0.29, 0.717) is 11.5 Å². The number of benzene rings is 1. The maximum absolute atomic E-state index is 13.0. The lowest BCUT2D eigenvalue weighted by molar-refractivity contribution is -0.137. The highest BCUT2D eigenvalue weighted by Crippen LogP contribution is 2.27. The number of nitrogens with zero attached hydrogens (tertiary/aromatic N) is 6. The van der Waals surface area contributed by atoms with Gasteiger partial charge >= 0.3 is 5.97 Å². The topological polar surface area (TPSA) is 114 Å². The summed E-state index contributed by atoms with van der Waals surface area (Å²) in [6.45, 7) is 5.45. The number of amides is 1. The second-order valence-corrected chi connectivity index (χ2v) is 7.64. The molecule has 3 heterocycles. The van der Waals surface area contributed by atoms with Crippen LogP contribution in [-0.2, 0) is 11.3 Å². The first-order valence-corrected chi connectivity index (χ1v) is 9.98. The van der Waals surface area contributed by atoms with Crippen LogP contribution in [0.15, 0.2) is 42.7 Å². The first kappa shape index (κ1) is 21.1. The monoisotopic (exact) mass is 430 g/mol. The molecule has 1 N–H and O–H groups in total. The summed E-state index contributed by atoms with van der Waals surface area (Å²) >= 11 is 0. The van der Waals surface area contributed by atoms with Crippen LogP contribution in [0.4, 0.5) is 5.69 Å². The summed E-state index contributed by atoms with van der Waals surface area (Å²) in [7, 11) is 1.65. The zero-order valence-corrected chi connectivity index (χ0v) is 18.2. The van der Waals surface area contributed by atoms with Crippen molar-refractivity contribution in [2.75, 3.05) is 11.9 Å². The van der Waals surface area contributed by atoms with Gasteiger partial charge in [-0.1, -0.05) is 0 Å². The van der Waals surface area contributed by atoms with Crippen LogP contribution in [0.5, 0.6) is 0 Å². The third-order valence-electron chi connectivity index (χ3n) is 5.21. The van der Waals surface area contributed by atoms with E-state index in [9.17, 15) is 9.59 Å². The average molecular weight is 430 g/mol. The quantitative estimate of drug-likeness (QED) is 0.517. The third-order valence-corrected chi connectivity index (χ3v) is 5.21. The van der Waals surface area contributed by atoms with E-state index < -0.39 is 5.97 Å². The minimum Gasteiger partial charge on any atom is -0.480 e. The van der Waals surface area contributed by atoms with E-state index in [1.54, 1.807) is 13.2 Å². The van der Waals surface area contributed by atoms with Gasteiger partial charge in [-0.25, -0.2) is 19.6 Å². The van der Waals surface area contributed by atoms with E-state index in [-0.39, 0.29) is 18.1 Å². The maximum atomic E-state index is 13.0. The Morgan fingerprint density at radius 3 is 2.56 bits per heavy atom. The normalized spacial score (nSPS) is 11.0. The lowest BCUT2D eigenvalue weighted by Gasteiger charge is -2.20. The molecule has 9 heteroatoms. The zero-order valence-electron chi connectivity index (χ0n) is 18.2.